The van der Waals surface area contributed by atoms with Crippen LogP contribution in [0.25, 0.3) is 0 Å². The molecule has 2 atom stereocenters. The van der Waals surface area contributed by atoms with Gasteiger partial charge in [-0.05, 0) is 43.3 Å². The van der Waals surface area contributed by atoms with Crippen molar-refractivity contribution in [1.29, 1.82) is 0 Å². The molecule has 1 saturated heterocycles. The van der Waals surface area contributed by atoms with Gasteiger partial charge < -0.3 is 14.8 Å². The highest BCUT2D eigenvalue weighted by Crippen LogP contribution is 2.38. The number of benzene rings is 1. The second-order valence-corrected chi connectivity index (χ2v) is 6.42. The lowest BCUT2D eigenvalue weighted by molar-refractivity contribution is 0.171. The molecule has 0 saturated carbocycles. The van der Waals surface area contributed by atoms with Crippen molar-refractivity contribution in [3.05, 3.63) is 23.8 Å². The van der Waals surface area contributed by atoms with Crippen LogP contribution < -0.4 is 14.8 Å². The summed E-state index contributed by atoms with van der Waals surface area (Å²) in [6, 6.07) is 6.76. The SMILES string of the molecule is CNC(c1ccc2c(c1)OCCO2)C1CCCCS1. The van der Waals surface area contributed by atoms with E-state index in [4.69, 9.17) is 9.47 Å². The first-order valence-electron chi connectivity index (χ1n) is 7.07. The van der Waals surface area contributed by atoms with Crippen LogP contribution in [-0.4, -0.2) is 31.3 Å². The summed E-state index contributed by atoms with van der Waals surface area (Å²) >= 11 is 2.09. The Hall–Kier alpha value is -0.870. The Labute approximate surface area is 119 Å². The predicted molar refractivity (Wildman–Crippen MR) is 79.3 cm³/mol. The molecular formula is C15H21NO2S. The fourth-order valence-corrected chi connectivity index (χ4v) is 4.34. The average Bonchev–Trinajstić information content (AvgIpc) is 2.49. The average molecular weight is 279 g/mol. The van der Waals surface area contributed by atoms with E-state index in [1.54, 1.807) is 0 Å². The summed E-state index contributed by atoms with van der Waals surface area (Å²) < 4.78 is 11.3. The highest BCUT2D eigenvalue weighted by Gasteiger charge is 2.25. The third-order valence-electron chi connectivity index (χ3n) is 3.82. The van der Waals surface area contributed by atoms with Crippen LogP contribution in [0.1, 0.15) is 30.9 Å². The van der Waals surface area contributed by atoms with Gasteiger partial charge in [0.15, 0.2) is 11.5 Å². The van der Waals surface area contributed by atoms with E-state index in [0.717, 1.165) is 11.5 Å². The highest BCUT2D eigenvalue weighted by atomic mass is 32.2. The molecule has 1 fully saturated rings. The molecule has 0 bridgehead atoms. The maximum atomic E-state index is 5.69. The monoisotopic (exact) mass is 279 g/mol. The molecule has 1 N–H and O–H groups in total. The van der Waals surface area contributed by atoms with Crippen LogP contribution in [0, 0.1) is 0 Å². The zero-order valence-corrected chi connectivity index (χ0v) is 12.2. The Balaban J connectivity index is 1.82. The van der Waals surface area contributed by atoms with Crippen molar-refractivity contribution in [1.82, 2.24) is 5.32 Å². The van der Waals surface area contributed by atoms with Crippen molar-refractivity contribution in [2.24, 2.45) is 0 Å². The molecule has 0 spiro atoms. The van der Waals surface area contributed by atoms with Crippen LogP contribution in [0.4, 0.5) is 0 Å². The molecule has 104 valence electrons. The summed E-state index contributed by atoms with van der Waals surface area (Å²) in [5.74, 6) is 3.05. The van der Waals surface area contributed by atoms with E-state index < -0.39 is 0 Å². The van der Waals surface area contributed by atoms with Crippen LogP contribution in [-0.2, 0) is 0 Å². The molecule has 0 radical (unpaired) electrons. The van der Waals surface area contributed by atoms with Gasteiger partial charge in [0.25, 0.3) is 0 Å². The van der Waals surface area contributed by atoms with Gasteiger partial charge in [-0.15, -0.1) is 0 Å². The molecule has 3 nitrogen and oxygen atoms in total. The minimum Gasteiger partial charge on any atom is -0.486 e. The van der Waals surface area contributed by atoms with Gasteiger partial charge in [-0.2, -0.15) is 11.8 Å². The smallest absolute Gasteiger partial charge is 0.161 e. The van der Waals surface area contributed by atoms with E-state index in [-0.39, 0.29) is 0 Å². The number of nitrogens with one attached hydrogen (secondary N) is 1. The molecule has 0 aromatic heterocycles. The first-order valence-corrected chi connectivity index (χ1v) is 8.12. The van der Waals surface area contributed by atoms with E-state index in [2.05, 4.69) is 36.3 Å². The maximum absolute atomic E-state index is 5.69. The first kappa shape index (κ1) is 13.1. The normalized spacial score (nSPS) is 23.9. The Morgan fingerprint density at radius 1 is 1.21 bits per heavy atom. The quantitative estimate of drug-likeness (QED) is 0.921. The topological polar surface area (TPSA) is 30.5 Å². The Kier molecular flexibility index (Phi) is 4.18. The number of hydrogen-bond donors (Lipinski definition) is 1. The van der Waals surface area contributed by atoms with Gasteiger partial charge in [0.2, 0.25) is 0 Å². The van der Waals surface area contributed by atoms with Crippen molar-refractivity contribution in [2.45, 2.75) is 30.6 Å². The molecular weight excluding hydrogens is 258 g/mol. The first-order chi connectivity index (χ1) is 9.38. The minimum atomic E-state index is 0.404. The summed E-state index contributed by atoms with van der Waals surface area (Å²) in [6.45, 7) is 1.30. The van der Waals surface area contributed by atoms with Gasteiger partial charge in [0.1, 0.15) is 13.2 Å². The van der Waals surface area contributed by atoms with Crippen molar-refractivity contribution < 1.29 is 9.47 Å². The standard InChI is InChI=1S/C15H21NO2S/c1-16-15(14-4-2-3-9-19-14)11-5-6-12-13(10-11)18-8-7-17-12/h5-6,10,14-16H,2-4,7-9H2,1H3. The molecule has 1 aromatic carbocycles. The summed E-state index contributed by atoms with van der Waals surface area (Å²) in [5, 5.41) is 4.15. The van der Waals surface area contributed by atoms with Crippen LogP contribution in [0.3, 0.4) is 0 Å². The Morgan fingerprint density at radius 3 is 2.79 bits per heavy atom. The summed E-state index contributed by atoms with van der Waals surface area (Å²) in [7, 11) is 2.05. The van der Waals surface area contributed by atoms with Gasteiger partial charge in [-0.3, -0.25) is 0 Å². The van der Waals surface area contributed by atoms with E-state index >= 15 is 0 Å². The number of fused-ring (bicyclic) bond motifs is 1. The molecule has 2 aliphatic rings. The zero-order valence-electron chi connectivity index (χ0n) is 11.4. The van der Waals surface area contributed by atoms with Crippen molar-refractivity contribution in [3.8, 4) is 11.5 Å². The molecule has 0 aliphatic carbocycles. The van der Waals surface area contributed by atoms with E-state index in [1.165, 1.54) is 30.6 Å². The minimum absolute atomic E-state index is 0.404. The Bertz CT molecular complexity index is 432. The second-order valence-electron chi connectivity index (χ2n) is 5.07. The fraction of sp³-hybridized carbons (Fsp3) is 0.600. The van der Waals surface area contributed by atoms with Crippen LogP contribution in [0.15, 0.2) is 18.2 Å². The van der Waals surface area contributed by atoms with Gasteiger partial charge in [-0.25, -0.2) is 0 Å². The van der Waals surface area contributed by atoms with E-state index in [0.29, 0.717) is 24.5 Å². The van der Waals surface area contributed by atoms with Crippen molar-refractivity contribution in [3.63, 3.8) is 0 Å². The van der Waals surface area contributed by atoms with Gasteiger partial charge >= 0.3 is 0 Å². The lowest BCUT2D eigenvalue weighted by Gasteiger charge is -2.30. The molecule has 19 heavy (non-hydrogen) atoms. The third kappa shape index (κ3) is 2.84. The molecule has 1 aromatic rings. The van der Waals surface area contributed by atoms with E-state index in [1.807, 2.05) is 6.07 Å². The van der Waals surface area contributed by atoms with Crippen LogP contribution in [0.5, 0.6) is 11.5 Å². The van der Waals surface area contributed by atoms with Gasteiger partial charge in [0, 0.05) is 11.3 Å². The maximum Gasteiger partial charge on any atom is 0.161 e. The lowest BCUT2D eigenvalue weighted by atomic mass is 9.99. The van der Waals surface area contributed by atoms with Gasteiger partial charge in [-0.1, -0.05) is 12.5 Å². The number of thioether (sulfide) groups is 1. The lowest BCUT2D eigenvalue weighted by Crippen LogP contribution is -2.29. The molecule has 4 heteroatoms. The van der Waals surface area contributed by atoms with Crippen LogP contribution >= 0.6 is 11.8 Å². The summed E-state index contributed by atoms with van der Waals surface area (Å²) in [6.07, 6.45) is 4.00. The van der Waals surface area contributed by atoms with E-state index in [9.17, 15) is 0 Å². The molecule has 2 heterocycles. The molecule has 0 amide bonds. The number of rotatable bonds is 3. The highest BCUT2D eigenvalue weighted by molar-refractivity contribution is 8.00. The number of ether oxygens (including phenoxy) is 2. The Morgan fingerprint density at radius 2 is 2.05 bits per heavy atom. The van der Waals surface area contributed by atoms with Crippen molar-refractivity contribution in [2.75, 3.05) is 26.0 Å². The van der Waals surface area contributed by atoms with Crippen LogP contribution in [0.2, 0.25) is 0 Å². The fourth-order valence-electron chi connectivity index (χ4n) is 2.85. The largest absolute Gasteiger partial charge is 0.486 e. The third-order valence-corrected chi connectivity index (χ3v) is 5.28. The molecule has 2 unspecified atom stereocenters. The number of hydrogen-bond acceptors (Lipinski definition) is 4. The summed E-state index contributed by atoms with van der Waals surface area (Å²) in [4.78, 5) is 0. The zero-order chi connectivity index (χ0) is 13.1. The predicted octanol–water partition coefficient (Wildman–Crippen LogP) is 3.00. The molecule has 2 aliphatic heterocycles. The summed E-state index contributed by atoms with van der Waals surface area (Å²) in [5.41, 5.74) is 1.31. The second kappa shape index (κ2) is 6.06. The van der Waals surface area contributed by atoms with Crippen molar-refractivity contribution >= 4 is 11.8 Å². The molecule has 3 rings (SSSR count). The van der Waals surface area contributed by atoms with Gasteiger partial charge in [0.05, 0.1) is 0 Å².